The van der Waals surface area contributed by atoms with Crippen LogP contribution in [0.4, 0.5) is 8.78 Å². The van der Waals surface area contributed by atoms with Gasteiger partial charge in [-0.25, -0.2) is 4.98 Å². The molecular formula is C27H26F2N4O4. The van der Waals surface area contributed by atoms with Crippen molar-refractivity contribution in [3.8, 4) is 23.0 Å². The molecule has 0 radical (unpaired) electrons. The van der Waals surface area contributed by atoms with Crippen molar-refractivity contribution in [1.29, 1.82) is 0 Å². The average Bonchev–Trinajstić information content (AvgIpc) is 3.61. The van der Waals surface area contributed by atoms with Gasteiger partial charge >= 0.3 is 6.61 Å². The van der Waals surface area contributed by atoms with Gasteiger partial charge in [0.25, 0.3) is 5.91 Å². The van der Waals surface area contributed by atoms with Crippen LogP contribution in [0.1, 0.15) is 47.7 Å². The molecule has 4 aromatic rings. The Labute approximate surface area is 211 Å². The Balaban J connectivity index is 1.37. The van der Waals surface area contributed by atoms with E-state index < -0.39 is 18.6 Å². The monoisotopic (exact) mass is 508 g/mol. The van der Waals surface area contributed by atoms with E-state index in [-0.39, 0.29) is 35.4 Å². The standard InChI is InChI=1S/C27H26F2N4O4/c1-15(30)24-23(25(34)31-13-19-10-8-17-4-2-3-5-20(17)32-19)33-26(37-24)18-9-11-21(36-27(28)29)22(12-18)35-14-16-6-7-16/h2-5,8-12,15-16,27H,6-7,13-14,30H2,1H3,(H,31,34). The number of oxazole rings is 1. The molecule has 37 heavy (non-hydrogen) atoms. The van der Waals surface area contributed by atoms with Gasteiger partial charge in [-0.1, -0.05) is 24.3 Å². The maximum absolute atomic E-state index is 13.0. The predicted octanol–water partition coefficient (Wildman–Crippen LogP) is 5.23. The third-order valence-corrected chi connectivity index (χ3v) is 5.95. The summed E-state index contributed by atoms with van der Waals surface area (Å²) in [4.78, 5) is 22.0. The van der Waals surface area contributed by atoms with Crippen molar-refractivity contribution in [1.82, 2.24) is 15.3 Å². The van der Waals surface area contributed by atoms with Crippen LogP contribution in [0, 0.1) is 5.92 Å². The highest BCUT2D eigenvalue weighted by molar-refractivity contribution is 5.94. The third kappa shape index (κ3) is 5.86. The molecule has 1 amide bonds. The zero-order valence-electron chi connectivity index (χ0n) is 20.1. The molecule has 1 aliphatic carbocycles. The second kappa shape index (κ2) is 10.5. The summed E-state index contributed by atoms with van der Waals surface area (Å²) in [6.45, 7) is -0.734. The summed E-state index contributed by atoms with van der Waals surface area (Å²) in [6, 6.07) is 15.3. The van der Waals surface area contributed by atoms with Gasteiger partial charge in [0.05, 0.1) is 30.4 Å². The van der Waals surface area contributed by atoms with Crippen molar-refractivity contribution in [2.24, 2.45) is 11.7 Å². The number of alkyl halides is 2. The van der Waals surface area contributed by atoms with Gasteiger partial charge < -0.3 is 24.9 Å². The van der Waals surface area contributed by atoms with Crippen LogP contribution >= 0.6 is 0 Å². The molecule has 0 saturated heterocycles. The summed E-state index contributed by atoms with van der Waals surface area (Å²) in [7, 11) is 0. The summed E-state index contributed by atoms with van der Waals surface area (Å²) in [5, 5.41) is 3.82. The van der Waals surface area contributed by atoms with E-state index in [1.807, 2.05) is 36.4 Å². The minimum Gasteiger partial charge on any atom is -0.489 e. The number of ether oxygens (including phenoxy) is 2. The van der Waals surface area contributed by atoms with E-state index in [4.69, 9.17) is 14.9 Å². The molecule has 3 N–H and O–H groups in total. The fourth-order valence-electron chi connectivity index (χ4n) is 3.83. The zero-order valence-corrected chi connectivity index (χ0v) is 20.1. The number of pyridine rings is 1. The lowest BCUT2D eigenvalue weighted by atomic mass is 10.2. The lowest BCUT2D eigenvalue weighted by molar-refractivity contribution is -0.0515. The first-order valence-corrected chi connectivity index (χ1v) is 12.0. The zero-order chi connectivity index (χ0) is 25.9. The molecule has 0 bridgehead atoms. The van der Waals surface area contributed by atoms with Crippen LogP contribution in [0.3, 0.4) is 0 Å². The number of nitrogens with zero attached hydrogens (tertiary/aromatic N) is 2. The van der Waals surface area contributed by atoms with E-state index in [1.54, 1.807) is 6.92 Å². The van der Waals surface area contributed by atoms with Crippen molar-refractivity contribution in [3.63, 3.8) is 0 Å². The van der Waals surface area contributed by atoms with Gasteiger partial charge in [-0.15, -0.1) is 0 Å². The second-order valence-corrected chi connectivity index (χ2v) is 8.99. The Bertz CT molecular complexity index is 1420. The molecule has 8 nitrogen and oxygen atoms in total. The van der Waals surface area contributed by atoms with Crippen LogP contribution in [0.25, 0.3) is 22.4 Å². The van der Waals surface area contributed by atoms with Gasteiger partial charge in [-0.05, 0) is 56.0 Å². The van der Waals surface area contributed by atoms with E-state index in [9.17, 15) is 13.6 Å². The first-order chi connectivity index (χ1) is 17.9. The number of fused-ring (bicyclic) bond motifs is 1. The van der Waals surface area contributed by atoms with Gasteiger partial charge in [0.15, 0.2) is 23.0 Å². The van der Waals surface area contributed by atoms with Gasteiger partial charge in [-0.2, -0.15) is 8.78 Å². The minimum atomic E-state index is -2.99. The van der Waals surface area contributed by atoms with E-state index in [2.05, 4.69) is 20.0 Å². The maximum Gasteiger partial charge on any atom is 0.387 e. The van der Waals surface area contributed by atoms with Crippen molar-refractivity contribution in [3.05, 3.63) is 71.7 Å². The van der Waals surface area contributed by atoms with Crippen molar-refractivity contribution < 1.29 is 27.5 Å². The van der Waals surface area contributed by atoms with Crippen LogP contribution in [-0.4, -0.2) is 29.1 Å². The molecule has 10 heteroatoms. The number of nitrogens with two attached hydrogens (primary N) is 1. The van der Waals surface area contributed by atoms with Gasteiger partial charge in [0, 0.05) is 10.9 Å². The number of benzene rings is 2. The first-order valence-electron chi connectivity index (χ1n) is 12.0. The lowest BCUT2D eigenvalue weighted by Crippen LogP contribution is -2.25. The highest BCUT2D eigenvalue weighted by Gasteiger charge is 2.26. The van der Waals surface area contributed by atoms with Crippen LogP contribution in [0.15, 0.2) is 59.0 Å². The molecule has 1 aliphatic rings. The van der Waals surface area contributed by atoms with Crippen molar-refractivity contribution in [2.45, 2.75) is 39.0 Å². The van der Waals surface area contributed by atoms with Crippen LogP contribution in [-0.2, 0) is 6.54 Å². The van der Waals surface area contributed by atoms with Crippen molar-refractivity contribution in [2.75, 3.05) is 6.61 Å². The summed E-state index contributed by atoms with van der Waals surface area (Å²) in [6.07, 6.45) is 2.07. The minimum absolute atomic E-state index is 0.0409. The number of amides is 1. The van der Waals surface area contributed by atoms with Gasteiger partial charge in [0.1, 0.15) is 0 Å². The van der Waals surface area contributed by atoms with Crippen LogP contribution in [0.5, 0.6) is 11.5 Å². The Morgan fingerprint density at radius 1 is 1.14 bits per heavy atom. The normalized spacial score (nSPS) is 14.1. The molecule has 5 rings (SSSR count). The number of carbonyl (C=O) groups is 1. The topological polar surface area (TPSA) is 113 Å². The Hall–Kier alpha value is -4.05. The molecule has 2 heterocycles. The Morgan fingerprint density at radius 2 is 1.95 bits per heavy atom. The summed E-state index contributed by atoms with van der Waals surface area (Å²) in [5.74, 6) is 0.313. The summed E-state index contributed by atoms with van der Waals surface area (Å²) in [5.41, 5.74) is 8.04. The predicted molar refractivity (Wildman–Crippen MR) is 132 cm³/mol. The Kier molecular flexibility index (Phi) is 7.00. The summed E-state index contributed by atoms with van der Waals surface area (Å²) >= 11 is 0. The number of hydrogen-bond acceptors (Lipinski definition) is 7. The Morgan fingerprint density at radius 3 is 2.70 bits per heavy atom. The van der Waals surface area contributed by atoms with Gasteiger partial charge in [-0.3, -0.25) is 9.78 Å². The summed E-state index contributed by atoms with van der Waals surface area (Å²) < 4.78 is 41.9. The molecule has 1 saturated carbocycles. The fraction of sp³-hybridized carbons (Fsp3) is 0.296. The molecule has 2 aromatic carbocycles. The quantitative estimate of drug-likeness (QED) is 0.302. The maximum atomic E-state index is 13.0. The average molecular weight is 509 g/mol. The molecule has 1 fully saturated rings. The lowest BCUT2D eigenvalue weighted by Gasteiger charge is -2.12. The van der Waals surface area contributed by atoms with Gasteiger partial charge in [0.2, 0.25) is 5.89 Å². The SMILES string of the molecule is CC(N)c1oc(-c2ccc(OC(F)F)c(OCC3CC3)c2)nc1C(=O)NCc1ccc2ccccc2n1. The number of hydrogen-bond donors (Lipinski definition) is 2. The number of para-hydroxylation sites is 1. The molecule has 1 atom stereocenters. The molecule has 192 valence electrons. The van der Waals surface area contributed by atoms with E-state index >= 15 is 0 Å². The molecule has 1 unspecified atom stereocenters. The number of aromatic nitrogens is 2. The number of carbonyl (C=O) groups excluding carboxylic acids is 1. The van der Waals surface area contributed by atoms with Crippen LogP contribution < -0.4 is 20.5 Å². The van der Waals surface area contributed by atoms with Crippen molar-refractivity contribution >= 4 is 16.8 Å². The number of nitrogens with one attached hydrogen (secondary N) is 1. The van der Waals surface area contributed by atoms with Crippen LogP contribution in [0.2, 0.25) is 0 Å². The third-order valence-electron chi connectivity index (χ3n) is 5.95. The van der Waals surface area contributed by atoms with E-state index in [1.165, 1.54) is 18.2 Å². The second-order valence-electron chi connectivity index (χ2n) is 8.99. The fourth-order valence-corrected chi connectivity index (χ4v) is 3.83. The molecular weight excluding hydrogens is 482 g/mol. The largest absolute Gasteiger partial charge is 0.489 e. The smallest absolute Gasteiger partial charge is 0.387 e. The molecule has 0 spiro atoms. The number of rotatable bonds is 10. The highest BCUT2D eigenvalue weighted by Crippen LogP contribution is 2.37. The number of halogens is 2. The highest BCUT2D eigenvalue weighted by atomic mass is 19.3. The first kappa shape index (κ1) is 24.6. The van der Waals surface area contributed by atoms with E-state index in [0.717, 1.165) is 23.7 Å². The van der Waals surface area contributed by atoms with E-state index in [0.29, 0.717) is 23.8 Å². The molecule has 0 aliphatic heterocycles. The molecule has 2 aromatic heterocycles.